The Bertz CT molecular complexity index is 467. The van der Waals surface area contributed by atoms with Gasteiger partial charge in [-0.3, -0.25) is 9.36 Å². The Morgan fingerprint density at radius 1 is 1.29 bits per heavy atom. The molecular weight excluding hydrogens is 286 g/mol. The molecule has 17 heavy (non-hydrogen) atoms. The standard InChI is InChI=1S/C10H11Cl2O4P/c1-15-17(14,16-2)6-9(13)7-4-3-5-8(11)10(7)12/h3-5H,6H2,1-2H3. The van der Waals surface area contributed by atoms with Crippen molar-refractivity contribution in [3.63, 3.8) is 0 Å². The number of hydrogen-bond acceptors (Lipinski definition) is 4. The summed E-state index contributed by atoms with van der Waals surface area (Å²) in [6, 6.07) is 4.66. The number of benzene rings is 1. The Morgan fingerprint density at radius 2 is 1.88 bits per heavy atom. The second-order valence-corrected chi connectivity index (χ2v) is 6.21. The summed E-state index contributed by atoms with van der Waals surface area (Å²) in [5, 5.41) is 0.403. The third kappa shape index (κ3) is 3.54. The van der Waals surface area contributed by atoms with E-state index < -0.39 is 13.4 Å². The van der Waals surface area contributed by atoms with E-state index in [1.54, 1.807) is 12.1 Å². The fraction of sp³-hybridized carbons (Fsp3) is 0.300. The molecule has 1 aromatic carbocycles. The predicted octanol–water partition coefficient (Wildman–Crippen LogP) is 3.66. The van der Waals surface area contributed by atoms with Crippen LogP contribution in [0.5, 0.6) is 0 Å². The van der Waals surface area contributed by atoms with Crippen molar-refractivity contribution < 1.29 is 18.4 Å². The molecule has 0 atom stereocenters. The van der Waals surface area contributed by atoms with Crippen molar-refractivity contribution in [3.8, 4) is 0 Å². The van der Waals surface area contributed by atoms with Crippen LogP contribution in [0.25, 0.3) is 0 Å². The molecule has 0 heterocycles. The van der Waals surface area contributed by atoms with Crippen molar-refractivity contribution in [2.45, 2.75) is 0 Å². The van der Waals surface area contributed by atoms with Crippen LogP contribution in [0.15, 0.2) is 18.2 Å². The molecule has 0 N–H and O–H groups in total. The Hall–Kier alpha value is -0.380. The van der Waals surface area contributed by atoms with Gasteiger partial charge in [-0.2, -0.15) is 0 Å². The zero-order chi connectivity index (χ0) is 13.1. The number of hydrogen-bond donors (Lipinski definition) is 0. The van der Waals surface area contributed by atoms with Crippen molar-refractivity contribution in [1.82, 2.24) is 0 Å². The van der Waals surface area contributed by atoms with Gasteiger partial charge in [0.15, 0.2) is 5.78 Å². The maximum atomic E-state index is 11.9. The number of halogens is 2. The van der Waals surface area contributed by atoms with E-state index in [9.17, 15) is 9.36 Å². The second kappa shape index (κ2) is 5.98. The third-order valence-corrected chi connectivity index (χ3v) is 4.75. The van der Waals surface area contributed by atoms with Gasteiger partial charge in [-0.25, -0.2) is 0 Å². The van der Waals surface area contributed by atoms with Crippen LogP contribution in [-0.2, 0) is 13.6 Å². The molecule has 0 aliphatic carbocycles. The summed E-state index contributed by atoms with van der Waals surface area (Å²) in [6.07, 6.45) is -0.375. The maximum Gasteiger partial charge on any atom is 0.337 e. The van der Waals surface area contributed by atoms with Crippen molar-refractivity contribution >= 4 is 36.6 Å². The minimum absolute atomic E-state index is 0.137. The van der Waals surface area contributed by atoms with Crippen LogP contribution < -0.4 is 0 Å². The van der Waals surface area contributed by atoms with Gasteiger partial charge in [-0.05, 0) is 12.1 Å². The topological polar surface area (TPSA) is 52.6 Å². The molecule has 0 bridgehead atoms. The highest BCUT2D eigenvalue weighted by molar-refractivity contribution is 7.54. The quantitative estimate of drug-likeness (QED) is 0.614. The van der Waals surface area contributed by atoms with E-state index in [0.717, 1.165) is 0 Å². The lowest BCUT2D eigenvalue weighted by atomic mass is 10.1. The van der Waals surface area contributed by atoms with Crippen LogP contribution in [-0.4, -0.2) is 26.2 Å². The lowest BCUT2D eigenvalue weighted by Crippen LogP contribution is -2.09. The van der Waals surface area contributed by atoms with Gasteiger partial charge in [0.1, 0.15) is 6.16 Å². The van der Waals surface area contributed by atoms with Gasteiger partial charge in [-0.15, -0.1) is 0 Å². The van der Waals surface area contributed by atoms with Crippen molar-refractivity contribution in [2.24, 2.45) is 0 Å². The fourth-order valence-electron chi connectivity index (χ4n) is 1.18. The smallest absolute Gasteiger partial charge is 0.312 e. The molecule has 0 saturated carbocycles. The molecule has 4 nitrogen and oxygen atoms in total. The van der Waals surface area contributed by atoms with Crippen LogP contribution in [0.4, 0.5) is 0 Å². The number of ketones is 1. The molecule has 0 amide bonds. The van der Waals surface area contributed by atoms with E-state index in [1.165, 1.54) is 20.3 Å². The molecule has 0 unspecified atom stereocenters. The SMILES string of the molecule is COP(=O)(CC(=O)c1cccc(Cl)c1Cl)OC. The highest BCUT2D eigenvalue weighted by Gasteiger charge is 2.27. The summed E-state index contributed by atoms with van der Waals surface area (Å²) >= 11 is 11.7. The summed E-state index contributed by atoms with van der Waals surface area (Å²) in [4.78, 5) is 11.9. The average molecular weight is 297 g/mol. The van der Waals surface area contributed by atoms with E-state index in [2.05, 4.69) is 9.05 Å². The lowest BCUT2D eigenvalue weighted by Gasteiger charge is -2.13. The minimum Gasteiger partial charge on any atom is -0.312 e. The number of carbonyl (C=O) groups is 1. The summed E-state index contributed by atoms with van der Waals surface area (Å²) in [6.45, 7) is 0. The Morgan fingerprint density at radius 3 is 2.41 bits per heavy atom. The minimum atomic E-state index is -3.39. The van der Waals surface area contributed by atoms with Gasteiger partial charge in [0.2, 0.25) is 0 Å². The van der Waals surface area contributed by atoms with Crippen LogP contribution in [0.2, 0.25) is 10.0 Å². The molecule has 0 radical (unpaired) electrons. The highest BCUT2D eigenvalue weighted by atomic mass is 35.5. The molecule has 0 aliphatic heterocycles. The van der Waals surface area contributed by atoms with Crippen molar-refractivity contribution in [1.29, 1.82) is 0 Å². The Labute approximate surface area is 109 Å². The first-order chi connectivity index (χ1) is 7.93. The molecule has 0 fully saturated rings. The van der Waals surface area contributed by atoms with Gasteiger partial charge in [0.05, 0.1) is 10.0 Å². The maximum absolute atomic E-state index is 11.9. The molecule has 0 aliphatic rings. The number of carbonyl (C=O) groups excluding carboxylic acids is 1. The molecule has 94 valence electrons. The second-order valence-electron chi connectivity index (χ2n) is 3.16. The molecule has 1 rings (SSSR count). The van der Waals surface area contributed by atoms with Crippen molar-refractivity contribution in [3.05, 3.63) is 33.8 Å². The van der Waals surface area contributed by atoms with Gasteiger partial charge < -0.3 is 9.05 Å². The first kappa shape index (κ1) is 14.7. The summed E-state index contributed by atoms with van der Waals surface area (Å²) in [5.41, 5.74) is 0.202. The largest absolute Gasteiger partial charge is 0.337 e. The first-order valence-corrected chi connectivity index (χ1v) is 7.09. The monoisotopic (exact) mass is 296 g/mol. The van der Waals surface area contributed by atoms with Gasteiger partial charge >= 0.3 is 7.60 Å². The fourth-order valence-corrected chi connectivity index (χ4v) is 2.52. The molecular formula is C10H11Cl2O4P. The van der Waals surface area contributed by atoms with Crippen LogP contribution in [0, 0.1) is 0 Å². The molecule has 0 saturated heterocycles. The molecule has 0 spiro atoms. The van der Waals surface area contributed by atoms with Gasteiger partial charge in [-0.1, -0.05) is 29.3 Å². The number of rotatable bonds is 5. The zero-order valence-corrected chi connectivity index (χ0v) is 11.7. The van der Waals surface area contributed by atoms with Crippen LogP contribution >= 0.6 is 30.8 Å². The van der Waals surface area contributed by atoms with E-state index in [-0.39, 0.29) is 21.8 Å². The summed E-state index contributed by atoms with van der Waals surface area (Å²) < 4.78 is 21.2. The number of Topliss-reactive ketones (excluding diaryl/α,β-unsaturated/α-hetero) is 1. The molecule has 1 aromatic rings. The normalized spacial score (nSPS) is 11.5. The predicted molar refractivity (Wildman–Crippen MR) is 67.3 cm³/mol. The van der Waals surface area contributed by atoms with E-state index >= 15 is 0 Å². The average Bonchev–Trinajstić information content (AvgIpc) is 2.32. The highest BCUT2D eigenvalue weighted by Crippen LogP contribution is 2.47. The zero-order valence-electron chi connectivity index (χ0n) is 9.28. The van der Waals surface area contributed by atoms with E-state index in [4.69, 9.17) is 23.2 Å². The van der Waals surface area contributed by atoms with E-state index in [1.807, 2.05) is 0 Å². The lowest BCUT2D eigenvalue weighted by molar-refractivity contribution is 0.101. The van der Waals surface area contributed by atoms with Gasteiger partial charge in [0, 0.05) is 19.8 Å². The molecule has 7 heteroatoms. The molecule has 0 aromatic heterocycles. The first-order valence-electron chi connectivity index (χ1n) is 4.61. The van der Waals surface area contributed by atoms with Gasteiger partial charge in [0.25, 0.3) is 0 Å². The third-order valence-electron chi connectivity index (χ3n) is 2.15. The Kier molecular flexibility index (Phi) is 5.17. The van der Waals surface area contributed by atoms with Crippen LogP contribution in [0.1, 0.15) is 10.4 Å². The summed E-state index contributed by atoms with van der Waals surface area (Å²) in [7, 11) is -0.950. The van der Waals surface area contributed by atoms with E-state index in [0.29, 0.717) is 0 Å². The van der Waals surface area contributed by atoms with Crippen LogP contribution in [0.3, 0.4) is 0 Å². The Balaban J connectivity index is 2.99. The van der Waals surface area contributed by atoms with Crippen molar-refractivity contribution in [2.75, 3.05) is 20.4 Å². The summed E-state index contributed by atoms with van der Waals surface area (Å²) in [5.74, 6) is -0.440.